The first-order valence-corrected chi connectivity index (χ1v) is 12.6. The molecule has 0 radical (unpaired) electrons. The monoisotopic (exact) mass is 421 g/mol. The molecule has 0 aliphatic carbocycles. The summed E-state index contributed by atoms with van der Waals surface area (Å²) in [6.45, 7) is 1.72. The number of fused-ring (bicyclic) bond motifs is 3. The molecule has 0 fully saturated rings. The quantitative estimate of drug-likeness (QED) is 0.350. The van der Waals surface area contributed by atoms with E-state index in [0.717, 1.165) is 32.2 Å². The van der Waals surface area contributed by atoms with Gasteiger partial charge in [0.25, 0.3) is 0 Å². The maximum absolute atomic E-state index is 13.4. The minimum Gasteiger partial charge on any atom is -0.307 e. The van der Waals surface area contributed by atoms with Crippen LogP contribution in [0.3, 0.4) is 0 Å². The summed E-state index contributed by atoms with van der Waals surface area (Å²) in [7, 11) is -2.89. The Bertz CT molecular complexity index is 1340. The van der Waals surface area contributed by atoms with E-state index in [1.165, 1.54) is 22.7 Å². The predicted molar refractivity (Wildman–Crippen MR) is 121 cm³/mol. The highest BCUT2D eigenvalue weighted by molar-refractivity contribution is 7.77. The van der Waals surface area contributed by atoms with E-state index in [9.17, 15) is 4.57 Å². The lowest BCUT2D eigenvalue weighted by atomic mass is 10.1. The van der Waals surface area contributed by atoms with Gasteiger partial charge in [-0.15, -0.1) is 22.7 Å². The summed E-state index contributed by atoms with van der Waals surface area (Å²) in [5, 5.41) is 7.99. The summed E-state index contributed by atoms with van der Waals surface area (Å²) >= 11 is 2.94. The molecule has 3 aromatic carbocycles. The highest BCUT2D eigenvalue weighted by Gasteiger charge is 2.25. The largest absolute Gasteiger partial charge is 0.307 e. The zero-order chi connectivity index (χ0) is 19.1. The molecule has 0 bridgehead atoms. The van der Waals surface area contributed by atoms with E-state index in [-0.39, 0.29) is 0 Å². The van der Waals surface area contributed by atoms with E-state index >= 15 is 0 Å². The fraction of sp³-hybridized carbons (Fsp3) is 0.0476. The normalized spacial score (nSPS) is 13.6. The van der Waals surface area contributed by atoms with Crippen molar-refractivity contribution in [3.63, 3.8) is 0 Å². The molecule has 2 heterocycles. The van der Waals surface area contributed by atoms with E-state index in [2.05, 4.69) is 34.3 Å². The van der Waals surface area contributed by atoms with Gasteiger partial charge in [-0.25, -0.2) is 9.97 Å². The summed E-state index contributed by atoms with van der Waals surface area (Å²) in [6.07, 6.45) is 0. The number of anilines is 1. The van der Waals surface area contributed by atoms with Gasteiger partial charge in [-0.2, -0.15) is 0 Å². The third-order valence-electron chi connectivity index (χ3n) is 4.52. The maximum Gasteiger partial charge on any atom is 0.224 e. The fourth-order valence-electron chi connectivity index (χ4n) is 3.13. The Morgan fingerprint density at radius 3 is 2.57 bits per heavy atom. The van der Waals surface area contributed by atoms with Crippen LogP contribution >= 0.6 is 30.0 Å². The Morgan fingerprint density at radius 1 is 0.929 bits per heavy atom. The number of benzene rings is 3. The Morgan fingerprint density at radius 2 is 1.71 bits per heavy atom. The predicted octanol–water partition coefficient (Wildman–Crippen LogP) is 6.22. The average Bonchev–Trinajstić information content (AvgIpc) is 3.36. The van der Waals surface area contributed by atoms with Gasteiger partial charge in [0.2, 0.25) is 7.29 Å². The summed E-state index contributed by atoms with van der Waals surface area (Å²) in [4.78, 5) is 9.35. The van der Waals surface area contributed by atoms with Crippen molar-refractivity contribution >= 4 is 60.8 Å². The molecule has 2 aromatic heterocycles. The third-order valence-corrected chi connectivity index (χ3v) is 9.04. The minimum atomic E-state index is -2.89. The first-order chi connectivity index (χ1) is 13.6. The fourth-order valence-corrected chi connectivity index (χ4v) is 7.08. The van der Waals surface area contributed by atoms with Crippen molar-refractivity contribution in [2.45, 2.75) is 0 Å². The highest BCUT2D eigenvalue weighted by Crippen LogP contribution is 2.44. The lowest BCUT2D eigenvalue weighted by Gasteiger charge is -2.10. The lowest BCUT2D eigenvalue weighted by Crippen LogP contribution is -2.09. The minimum absolute atomic E-state index is 0.621. The molecule has 0 saturated heterocycles. The van der Waals surface area contributed by atoms with Gasteiger partial charge in [0.15, 0.2) is 9.88 Å². The molecule has 7 heteroatoms. The third kappa shape index (κ3) is 3.14. The van der Waals surface area contributed by atoms with Crippen molar-refractivity contribution in [3.05, 3.63) is 72.1 Å². The molecule has 1 unspecified atom stereocenters. The van der Waals surface area contributed by atoms with E-state index < -0.39 is 7.29 Å². The zero-order valence-corrected chi connectivity index (χ0v) is 17.5. The van der Waals surface area contributed by atoms with Gasteiger partial charge < -0.3 is 5.09 Å². The molecule has 5 aromatic rings. The number of nitrogens with zero attached hydrogens (tertiary/aromatic N) is 2. The van der Waals surface area contributed by atoms with Gasteiger partial charge in [0.1, 0.15) is 0 Å². The summed E-state index contributed by atoms with van der Waals surface area (Å²) in [5.41, 5.74) is 2.83. The first kappa shape index (κ1) is 17.6. The number of aromatic nitrogens is 2. The van der Waals surface area contributed by atoms with Crippen LogP contribution in [0.25, 0.3) is 32.2 Å². The van der Waals surface area contributed by atoms with Crippen LogP contribution < -0.4 is 9.84 Å². The van der Waals surface area contributed by atoms with Gasteiger partial charge in [0.05, 0.1) is 15.9 Å². The molecule has 0 spiro atoms. The smallest absolute Gasteiger partial charge is 0.224 e. The van der Waals surface area contributed by atoms with Gasteiger partial charge in [-0.3, -0.25) is 4.57 Å². The first-order valence-electron chi connectivity index (χ1n) is 8.76. The molecule has 0 amide bonds. The Hall–Kier alpha value is -2.53. The van der Waals surface area contributed by atoms with Crippen LogP contribution in [0, 0.1) is 0 Å². The molecule has 0 aliphatic rings. The van der Waals surface area contributed by atoms with Crippen LogP contribution in [-0.2, 0) is 4.57 Å². The van der Waals surface area contributed by atoms with E-state index in [4.69, 9.17) is 4.98 Å². The van der Waals surface area contributed by atoms with Gasteiger partial charge in [-0.05, 0) is 11.5 Å². The summed E-state index contributed by atoms with van der Waals surface area (Å²) in [5.74, 6) is 0. The van der Waals surface area contributed by atoms with Crippen LogP contribution in [0.5, 0.6) is 0 Å². The molecule has 1 N–H and O–H groups in total. The van der Waals surface area contributed by atoms with Gasteiger partial charge >= 0.3 is 0 Å². The summed E-state index contributed by atoms with van der Waals surface area (Å²) in [6, 6.07) is 22.3. The van der Waals surface area contributed by atoms with Crippen LogP contribution in [0.4, 0.5) is 5.13 Å². The van der Waals surface area contributed by atoms with E-state index in [0.29, 0.717) is 9.88 Å². The van der Waals surface area contributed by atoms with Crippen molar-refractivity contribution in [2.75, 3.05) is 11.8 Å². The van der Waals surface area contributed by atoms with Gasteiger partial charge in [-0.1, -0.05) is 60.7 Å². The Balaban J connectivity index is 1.50. The second-order valence-corrected chi connectivity index (χ2v) is 11.3. The SMILES string of the molecule is CP(=O)(Nc1nc(-c2ccccc2)cs1)c1nc2c(ccc3ccccc32)s1. The molecule has 0 saturated carbocycles. The molecule has 0 aliphatic heterocycles. The Kier molecular flexibility index (Phi) is 4.27. The van der Waals surface area contributed by atoms with Crippen LogP contribution in [0.1, 0.15) is 0 Å². The highest BCUT2D eigenvalue weighted by atomic mass is 32.1. The zero-order valence-electron chi connectivity index (χ0n) is 15.0. The van der Waals surface area contributed by atoms with E-state index in [1.54, 1.807) is 6.66 Å². The lowest BCUT2D eigenvalue weighted by molar-refractivity contribution is 0.588. The number of rotatable bonds is 4. The van der Waals surface area contributed by atoms with Crippen molar-refractivity contribution in [1.82, 2.24) is 9.97 Å². The van der Waals surface area contributed by atoms with Crippen molar-refractivity contribution in [2.24, 2.45) is 0 Å². The molecular formula is C21H16N3OPS2. The number of hydrogen-bond donors (Lipinski definition) is 1. The average molecular weight is 421 g/mol. The molecule has 138 valence electrons. The second kappa shape index (κ2) is 6.82. The summed E-state index contributed by atoms with van der Waals surface area (Å²) < 4.78 is 15.1. The second-order valence-electron chi connectivity index (χ2n) is 6.57. The van der Waals surface area contributed by atoms with Crippen LogP contribution in [-0.4, -0.2) is 16.6 Å². The number of nitrogens with one attached hydrogen (secondary N) is 1. The van der Waals surface area contributed by atoms with Crippen LogP contribution in [0.15, 0.2) is 72.1 Å². The number of hydrogen-bond acceptors (Lipinski definition) is 5. The van der Waals surface area contributed by atoms with Crippen LogP contribution in [0.2, 0.25) is 0 Å². The Labute approximate surface area is 170 Å². The molecular weight excluding hydrogens is 405 g/mol. The van der Waals surface area contributed by atoms with E-state index in [1.807, 2.05) is 47.8 Å². The molecule has 28 heavy (non-hydrogen) atoms. The van der Waals surface area contributed by atoms with Gasteiger partial charge in [0, 0.05) is 23.0 Å². The van der Waals surface area contributed by atoms with Crippen molar-refractivity contribution in [1.29, 1.82) is 0 Å². The molecule has 5 rings (SSSR count). The standard InChI is InChI=1S/C21H16N3OPS2/c1-26(25,24-20-22-17(13-27-20)15-8-3-2-4-9-15)21-23-19-16-10-6-5-7-14(16)11-12-18(19)28-21/h2-13H,1H3,(H,22,24,25). The molecule has 4 nitrogen and oxygen atoms in total. The topological polar surface area (TPSA) is 54.9 Å². The van der Waals surface area contributed by atoms with Crippen molar-refractivity contribution < 1.29 is 4.57 Å². The van der Waals surface area contributed by atoms with Crippen molar-refractivity contribution in [3.8, 4) is 11.3 Å². The molecule has 1 atom stereocenters. The number of thiazole rings is 2. The maximum atomic E-state index is 13.4.